The van der Waals surface area contributed by atoms with Gasteiger partial charge in [0.15, 0.2) is 0 Å². The first kappa shape index (κ1) is 25.6. The molecule has 0 bridgehead atoms. The molecule has 1 saturated heterocycles. The zero-order valence-electron chi connectivity index (χ0n) is 18.6. The Labute approximate surface area is 199 Å². The van der Waals surface area contributed by atoms with Gasteiger partial charge < -0.3 is 21.1 Å². The van der Waals surface area contributed by atoms with Crippen molar-refractivity contribution < 1.29 is 27.5 Å². The number of ether oxygens (including phenoxy) is 1. The fourth-order valence-electron chi connectivity index (χ4n) is 3.20. The third kappa shape index (κ3) is 7.78. The fraction of sp³-hybridized carbons (Fsp3) is 0.250. The van der Waals surface area contributed by atoms with Gasteiger partial charge in [0.2, 0.25) is 5.91 Å². The molecular weight excluding hydrogens is 463 g/mol. The molecule has 4 rings (SSSR count). The molecule has 8 nitrogen and oxygen atoms in total. The Balaban J connectivity index is 0.000000320. The number of primary amides is 1. The van der Waals surface area contributed by atoms with Crippen LogP contribution in [0.5, 0.6) is 0 Å². The molecule has 0 radical (unpaired) electrons. The van der Waals surface area contributed by atoms with E-state index in [1.165, 1.54) is 30.9 Å². The van der Waals surface area contributed by atoms with Crippen molar-refractivity contribution in [2.24, 2.45) is 11.7 Å². The smallest absolute Gasteiger partial charge is 0.381 e. The van der Waals surface area contributed by atoms with Crippen LogP contribution in [-0.4, -0.2) is 35.0 Å². The summed E-state index contributed by atoms with van der Waals surface area (Å²) in [4.78, 5) is 29.5. The highest BCUT2D eigenvalue weighted by Gasteiger charge is 2.33. The van der Waals surface area contributed by atoms with E-state index in [1.54, 1.807) is 30.3 Å². The van der Waals surface area contributed by atoms with Gasteiger partial charge in [-0.2, -0.15) is 13.2 Å². The second kappa shape index (κ2) is 11.9. The molecule has 1 aliphatic rings. The van der Waals surface area contributed by atoms with Crippen molar-refractivity contribution in [2.75, 3.05) is 18.5 Å². The molecule has 1 aliphatic heterocycles. The zero-order valence-corrected chi connectivity index (χ0v) is 18.6. The number of carbonyl (C=O) groups excluding carboxylic acids is 2. The van der Waals surface area contributed by atoms with E-state index in [0.717, 1.165) is 18.1 Å². The number of alkyl halides is 3. The number of nitrogens with one attached hydrogen (secondary N) is 2. The number of nitrogens with two attached hydrogens (primary N) is 1. The maximum Gasteiger partial charge on any atom is 0.418 e. The number of anilines is 2. The first-order valence-corrected chi connectivity index (χ1v) is 10.7. The lowest BCUT2D eigenvalue weighted by Crippen LogP contribution is -2.30. The average molecular weight is 487 g/mol. The van der Waals surface area contributed by atoms with E-state index in [4.69, 9.17) is 10.5 Å². The Morgan fingerprint density at radius 3 is 2.31 bits per heavy atom. The standard InChI is InChI=1S/C19H19F3N2O2.C5H5N3O/c20-19(21,22)16-3-1-2-4-17(16)24-15-7-5-13(6-8-15)11-23-18(25)14-9-10-26-12-14;6-5(9)4-1-7-3-8-2-4/h1-8,14,24H,9-12H2,(H,23,25);1-3H,(H2,6,9). The van der Waals surface area contributed by atoms with Gasteiger partial charge in [0.25, 0.3) is 5.91 Å². The van der Waals surface area contributed by atoms with E-state index in [-0.39, 0.29) is 17.5 Å². The number of halogens is 3. The number of hydrogen-bond donors (Lipinski definition) is 3. The maximum atomic E-state index is 13.0. The Morgan fingerprint density at radius 1 is 1.06 bits per heavy atom. The molecule has 35 heavy (non-hydrogen) atoms. The van der Waals surface area contributed by atoms with Crippen molar-refractivity contribution in [3.63, 3.8) is 0 Å². The van der Waals surface area contributed by atoms with Crippen molar-refractivity contribution in [2.45, 2.75) is 19.1 Å². The molecule has 1 unspecified atom stereocenters. The number of nitrogens with zero attached hydrogens (tertiary/aromatic N) is 2. The van der Waals surface area contributed by atoms with E-state index >= 15 is 0 Å². The van der Waals surface area contributed by atoms with Crippen LogP contribution < -0.4 is 16.4 Å². The van der Waals surface area contributed by atoms with Crippen LogP contribution in [0.2, 0.25) is 0 Å². The molecular formula is C24H24F3N5O3. The van der Waals surface area contributed by atoms with E-state index in [1.807, 2.05) is 0 Å². The van der Waals surface area contributed by atoms with Gasteiger partial charge in [0.1, 0.15) is 6.33 Å². The molecule has 2 amide bonds. The monoisotopic (exact) mass is 487 g/mol. The van der Waals surface area contributed by atoms with Gasteiger partial charge in [0.05, 0.1) is 29.3 Å². The molecule has 2 heterocycles. The Hall–Kier alpha value is -3.99. The van der Waals surface area contributed by atoms with Crippen molar-refractivity contribution in [1.82, 2.24) is 15.3 Å². The van der Waals surface area contributed by atoms with Crippen LogP contribution in [0.3, 0.4) is 0 Å². The lowest BCUT2D eigenvalue weighted by atomic mass is 10.1. The van der Waals surface area contributed by atoms with Crippen LogP contribution in [0.4, 0.5) is 24.5 Å². The molecule has 0 aliphatic carbocycles. The summed E-state index contributed by atoms with van der Waals surface area (Å²) in [5.41, 5.74) is 5.93. The third-order valence-corrected chi connectivity index (χ3v) is 5.08. The lowest BCUT2D eigenvalue weighted by molar-refractivity contribution is -0.137. The number of hydrogen-bond acceptors (Lipinski definition) is 6. The largest absolute Gasteiger partial charge is 0.418 e. The normalized spacial score (nSPS) is 15.0. The summed E-state index contributed by atoms with van der Waals surface area (Å²) in [6.07, 6.45) is 0.391. The van der Waals surface area contributed by atoms with Crippen LogP contribution in [0.15, 0.2) is 67.3 Å². The van der Waals surface area contributed by atoms with Crippen LogP contribution in [-0.2, 0) is 22.3 Å². The summed E-state index contributed by atoms with van der Waals surface area (Å²) in [5.74, 6) is -0.644. The Bertz CT molecular complexity index is 1120. The summed E-state index contributed by atoms with van der Waals surface area (Å²) in [7, 11) is 0. The zero-order chi connectivity index (χ0) is 25.3. The SMILES string of the molecule is NC(=O)c1cncnc1.O=C(NCc1ccc(Nc2ccccc2C(F)(F)F)cc1)C1CCOC1. The second-order valence-electron chi connectivity index (χ2n) is 7.63. The van der Waals surface area contributed by atoms with Gasteiger partial charge in [-0.25, -0.2) is 9.97 Å². The number of benzene rings is 2. The average Bonchev–Trinajstić information content (AvgIpc) is 3.39. The van der Waals surface area contributed by atoms with Gasteiger partial charge in [0, 0.05) is 31.2 Å². The summed E-state index contributed by atoms with van der Waals surface area (Å²) in [6.45, 7) is 1.43. The van der Waals surface area contributed by atoms with Crippen LogP contribution in [0.25, 0.3) is 0 Å². The second-order valence-corrected chi connectivity index (χ2v) is 7.63. The number of carbonyl (C=O) groups is 2. The first-order valence-electron chi connectivity index (χ1n) is 10.7. The molecule has 4 N–H and O–H groups in total. The van der Waals surface area contributed by atoms with Crippen LogP contribution in [0, 0.1) is 5.92 Å². The molecule has 2 aromatic carbocycles. The molecule has 0 spiro atoms. The Kier molecular flexibility index (Phi) is 8.74. The number of para-hydroxylation sites is 1. The molecule has 184 valence electrons. The van der Waals surface area contributed by atoms with Gasteiger partial charge in [-0.05, 0) is 36.2 Å². The van der Waals surface area contributed by atoms with E-state index < -0.39 is 17.6 Å². The molecule has 3 aromatic rings. The molecule has 0 saturated carbocycles. The van der Waals surface area contributed by atoms with Crippen molar-refractivity contribution in [3.05, 3.63) is 83.9 Å². The summed E-state index contributed by atoms with van der Waals surface area (Å²) in [6, 6.07) is 12.2. The van der Waals surface area contributed by atoms with E-state index in [9.17, 15) is 22.8 Å². The summed E-state index contributed by atoms with van der Waals surface area (Å²) in [5, 5.41) is 5.64. The van der Waals surface area contributed by atoms with Crippen LogP contribution in [0.1, 0.15) is 27.9 Å². The summed E-state index contributed by atoms with van der Waals surface area (Å²) >= 11 is 0. The topological polar surface area (TPSA) is 119 Å². The fourth-order valence-corrected chi connectivity index (χ4v) is 3.20. The lowest BCUT2D eigenvalue weighted by Gasteiger charge is -2.15. The van der Waals surface area contributed by atoms with Crippen molar-refractivity contribution >= 4 is 23.2 Å². The van der Waals surface area contributed by atoms with E-state index in [2.05, 4.69) is 20.6 Å². The highest BCUT2D eigenvalue weighted by molar-refractivity contribution is 5.91. The minimum absolute atomic E-state index is 0.00212. The molecule has 11 heteroatoms. The highest BCUT2D eigenvalue weighted by Crippen LogP contribution is 2.35. The predicted octanol–water partition coefficient (Wildman–Crippen LogP) is 3.68. The maximum absolute atomic E-state index is 13.0. The van der Waals surface area contributed by atoms with Gasteiger partial charge in [-0.15, -0.1) is 0 Å². The first-order chi connectivity index (χ1) is 16.7. The van der Waals surface area contributed by atoms with Gasteiger partial charge in [-0.1, -0.05) is 24.3 Å². The van der Waals surface area contributed by atoms with Gasteiger partial charge in [-0.3, -0.25) is 9.59 Å². The quantitative estimate of drug-likeness (QED) is 0.488. The minimum Gasteiger partial charge on any atom is -0.381 e. The Morgan fingerprint density at radius 2 is 1.74 bits per heavy atom. The number of amides is 2. The molecule has 1 aromatic heterocycles. The molecule has 1 fully saturated rings. The van der Waals surface area contributed by atoms with Crippen LogP contribution >= 0.6 is 0 Å². The number of rotatable bonds is 6. The molecule has 1 atom stereocenters. The third-order valence-electron chi connectivity index (χ3n) is 5.08. The number of aromatic nitrogens is 2. The predicted molar refractivity (Wildman–Crippen MR) is 122 cm³/mol. The van der Waals surface area contributed by atoms with E-state index in [0.29, 0.717) is 31.0 Å². The summed E-state index contributed by atoms with van der Waals surface area (Å²) < 4.78 is 44.3. The van der Waals surface area contributed by atoms with Crippen molar-refractivity contribution in [3.8, 4) is 0 Å². The van der Waals surface area contributed by atoms with Crippen molar-refractivity contribution in [1.29, 1.82) is 0 Å². The minimum atomic E-state index is -4.42. The van der Waals surface area contributed by atoms with Gasteiger partial charge >= 0.3 is 6.18 Å². The highest BCUT2D eigenvalue weighted by atomic mass is 19.4.